The SMILES string of the molecule is C/C(=C\C(C)C/C(=C\c1ccc(C(C)(C)C)cc1C)c1ccccc1)CO.C=CC. The standard InChI is InChI=1S/C26H34O.C3H6/c1-19(14-20(2)18-27)15-24(22-10-8-7-9-11-22)17-23-12-13-25(16-21(23)3)26(4,5)6;1-3-2/h7-14,16-17,19,27H,15,18H2,1-6H3;3H,1H2,2H3/b20-14+,24-17+;. The van der Waals surface area contributed by atoms with E-state index in [2.05, 4.69) is 102 Å². The summed E-state index contributed by atoms with van der Waals surface area (Å²) in [6, 6.07) is 17.4. The Kier molecular flexibility index (Phi) is 10.6. The minimum absolute atomic E-state index is 0.127. The van der Waals surface area contributed by atoms with Crippen LogP contribution in [0.4, 0.5) is 0 Å². The van der Waals surface area contributed by atoms with Gasteiger partial charge in [-0.25, -0.2) is 0 Å². The van der Waals surface area contributed by atoms with Gasteiger partial charge in [0.25, 0.3) is 0 Å². The van der Waals surface area contributed by atoms with Gasteiger partial charge in [-0.1, -0.05) is 100 Å². The Labute approximate surface area is 184 Å². The van der Waals surface area contributed by atoms with Crippen LogP contribution < -0.4 is 0 Å². The Balaban J connectivity index is 0.00000141. The van der Waals surface area contributed by atoms with E-state index in [0.29, 0.717) is 5.92 Å². The van der Waals surface area contributed by atoms with E-state index < -0.39 is 0 Å². The fourth-order valence-electron chi connectivity index (χ4n) is 3.35. The number of hydrogen-bond acceptors (Lipinski definition) is 1. The molecule has 30 heavy (non-hydrogen) atoms. The lowest BCUT2D eigenvalue weighted by molar-refractivity contribution is 0.330. The zero-order valence-electron chi connectivity index (χ0n) is 20.0. The molecule has 1 N–H and O–H groups in total. The summed E-state index contributed by atoms with van der Waals surface area (Å²) >= 11 is 0. The van der Waals surface area contributed by atoms with Crippen LogP contribution in [0, 0.1) is 12.8 Å². The number of aryl methyl sites for hydroxylation is 1. The van der Waals surface area contributed by atoms with Crippen LogP contribution in [-0.4, -0.2) is 11.7 Å². The van der Waals surface area contributed by atoms with E-state index >= 15 is 0 Å². The van der Waals surface area contributed by atoms with Crippen LogP contribution in [0.3, 0.4) is 0 Å². The van der Waals surface area contributed by atoms with Crippen molar-refractivity contribution < 1.29 is 5.11 Å². The molecule has 0 aliphatic heterocycles. The molecule has 1 unspecified atom stereocenters. The minimum Gasteiger partial charge on any atom is -0.392 e. The maximum Gasteiger partial charge on any atom is 0.0639 e. The molecule has 0 saturated heterocycles. The Morgan fingerprint density at radius 3 is 2.20 bits per heavy atom. The average Bonchev–Trinajstić information content (AvgIpc) is 2.69. The zero-order valence-corrected chi connectivity index (χ0v) is 20.0. The first kappa shape index (κ1) is 25.7. The van der Waals surface area contributed by atoms with Gasteiger partial charge in [-0.2, -0.15) is 0 Å². The third-order valence-corrected chi connectivity index (χ3v) is 4.97. The van der Waals surface area contributed by atoms with Crippen molar-refractivity contribution in [1.82, 2.24) is 0 Å². The van der Waals surface area contributed by atoms with Gasteiger partial charge in [0.1, 0.15) is 0 Å². The third kappa shape index (κ3) is 8.55. The highest BCUT2D eigenvalue weighted by Gasteiger charge is 2.14. The second-order valence-electron chi connectivity index (χ2n) is 9.12. The molecule has 0 aliphatic carbocycles. The van der Waals surface area contributed by atoms with Crippen LogP contribution in [0.25, 0.3) is 11.6 Å². The number of rotatable bonds is 6. The van der Waals surface area contributed by atoms with Crippen molar-refractivity contribution in [3.8, 4) is 0 Å². The number of allylic oxidation sites excluding steroid dienone is 3. The van der Waals surface area contributed by atoms with Gasteiger partial charge in [0.15, 0.2) is 0 Å². The lowest BCUT2D eigenvalue weighted by atomic mass is 9.85. The monoisotopic (exact) mass is 404 g/mol. The van der Waals surface area contributed by atoms with Crippen LogP contribution in [0.1, 0.15) is 70.2 Å². The molecule has 0 aliphatic rings. The molecule has 2 aromatic carbocycles. The second-order valence-corrected chi connectivity index (χ2v) is 9.12. The van der Waals surface area contributed by atoms with Crippen molar-refractivity contribution in [3.05, 3.63) is 95.1 Å². The van der Waals surface area contributed by atoms with Crippen molar-refractivity contribution in [2.75, 3.05) is 6.61 Å². The summed E-state index contributed by atoms with van der Waals surface area (Å²) in [6.07, 6.45) is 7.20. The first-order valence-corrected chi connectivity index (χ1v) is 10.8. The van der Waals surface area contributed by atoms with E-state index in [1.807, 2.05) is 13.8 Å². The highest BCUT2D eigenvalue weighted by atomic mass is 16.3. The summed E-state index contributed by atoms with van der Waals surface area (Å²) in [5.41, 5.74) is 7.74. The van der Waals surface area contributed by atoms with Gasteiger partial charge in [-0.05, 0) is 66.4 Å². The molecule has 1 nitrogen and oxygen atoms in total. The van der Waals surface area contributed by atoms with Gasteiger partial charge in [-0.3, -0.25) is 0 Å². The van der Waals surface area contributed by atoms with Gasteiger partial charge in [0.2, 0.25) is 0 Å². The first-order chi connectivity index (χ1) is 14.1. The number of hydrogen-bond donors (Lipinski definition) is 1. The average molecular weight is 405 g/mol. The van der Waals surface area contributed by atoms with E-state index in [4.69, 9.17) is 0 Å². The van der Waals surface area contributed by atoms with Crippen molar-refractivity contribution in [1.29, 1.82) is 0 Å². The molecule has 0 spiro atoms. The molecular weight excluding hydrogens is 364 g/mol. The largest absolute Gasteiger partial charge is 0.392 e. The molecule has 0 bridgehead atoms. The predicted molar refractivity (Wildman–Crippen MR) is 135 cm³/mol. The molecule has 1 atom stereocenters. The van der Waals surface area contributed by atoms with Crippen molar-refractivity contribution in [2.24, 2.45) is 5.92 Å². The minimum atomic E-state index is 0.127. The van der Waals surface area contributed by atoms with Crippen molar-refractivity contribution in [2.45, 2.75) is 60.3 Å². The number of aliphatic hydroxyl groups is 1. The van der Waals surface area contributed by atoms with Gasteiger partial charge in [0.05, 0.1) is 6.61 Å². The van der Waals surface area contributed by atoms with Gasteiger partial charge in [0, 0.05) is 0 Å². The summed E-state index contributed by atoms with van der Waals surface area (Å²) in [4.78, 5) is 0. The van der Waals surface area contributed by atoms with Crippen LogP contribution in [0.5, 0.6) is 0 Å². The van der Waals surface area contributed by atoms with E-state index in [0.717, 1.165) is 12.0 Å². The maximum absolute atomic E-state index is 9.32. The Hall–Kier alpha value is -2.38. The molecule has 0 radical (unpaired) electrons. The lowest BCUT2D eigenvalue weighted by Gasteiger charge is -2.20. The van der Waals surface area contributed by atoms with Crippen LogP contribution >= 0.6 is 0 Å². The summed E-state index contributed by atoms with van der Waals surface area (Å²) in [7, 11) is 0. The smallest absolute Gasteiger partial charge is 0.0639 e. The van der Waals surface area contributed by atoms with E-state index in [9.17, 15) is 5.11 Å². The van der Waals surface area contributed by atoms with Crippen LogP contribution in [-0.2, 0) is 5.41 Å². The normalized spacial score (nSPS) is 13.3. The molecular formula is C29H40O. The second kappa shape index (κ2) is 12.3. The Morgan fingerprint density at radius 1 is 1.10 bits per heavy atom. The predicted octanol–water partition coefficient (Wildman–Crippen LogP) is 7.99. The zero-order chi connectivity index (χ0) is 22.7. The van der Waals surface area contributed by atoms with E-state index in [1.54, 1.807) is 6.08 Å². The molecule has 0 amide bonds. The number of aliphatic hydroxyl groups excluding tert-OH is 1. The molecule has 0 saturated carbocycles. The van der Waals surface area contributed by atoms with Gasteiger partial charge in [-0.15, -0.1) is 6.58 Å². The van der Waals surface area contributed by atoms with Crippen molar-refractivity contribution >= 4 is 11.6 Å². The molecule has 2 aromatic rings. The highest BCUT2D eigenvalue weighted by Crippen LogP contribution is 2.29. The van der Waals surface area contributed by atoms with E-state index in [-0.39, 0.29) is 12.0 Å². The maximum atomic E-state index is 9.32. The van der Waals surface area contributed by atoms with Crippen LogP contribution in [0.15, 0.2) is 72.8 Å². The Morgan fingerprint density at radius 2 is 1.70 bits per heavy atom. The molecule has 0 fully saturated rings. The number of benzene rings is 2. The fraction of sp³-hybridized carbons (Fsp3) is 0.379. The van der Waals surface area contributed by atoms with Crippen molar-refractivity contribution in [3.63, 3.8) is 0 Å². The highest BCUT2D eigenvalue weighted by molar-refractivity contribution is 5.82. The van der Waals surface area contributed by atoms with Gasteiger partial charge < -0.3 is 5.11 Å². The third-order valence-electron chi connectivity index (χ3n) is 4.97. The van der Waals surface area contributed by atoms with Crippen LogP contribution in [0.2, 0.25) is 0 Å². The fourth-order valence-corrected chi connectivity index (χ4v) is 3.35. The lowest BCUT2D eigenvalue weighted by Crippen LogP contribution is -2.11. The topological polar surface area (TPSA) is 20.2 Å². The quantitative estimate of drug-likeness (QED) is 0.382. The van der Waals surface area contributed by atoms with Gasteiger partial charge >= 0.3 is 0 Å². The molecule has 1 heteroatoms. The summed E-state index contributed by atoms with van der Waals surface area (Å²) in [5, 5.41) is 9.32. The molecule has 0 heterocycles. The Bertz CT molecular complexity index is 848. The summed E-state index contributed by atoms with van der Waals surface area (Å²) < 4.78 is 0. The summed E-state index contributed by atoms with van der Waals surface area (Å²) in [5.74, 6) is 0.373. The summed E-state index contributed by atoms with van der Waals surface area (Å²) in [6.45, 7) is 18.5. The molecule has 2 rings (SSSR count). The molecule has 0 aromatic heterocycles. The molecule has 162 valence electrons. The van der Waals surface area contributed by atoms with E-state index in [1.165, 1.54) is 27.8 Å². The first-order valence-electron chi connectivity index (χ1n) is 10.8.